The fraction of sp³-hybridized carbons (Fsp3) is 0.0667. The second-order valence-electron chi connectivity index (χ2n) is 7.86. The van der Waals surface area contributed by atoms with E-state index in [0.717, 1.165) is 0 Å². The average molecular weight is 479 g/mol. The first kappa shape index (κ1) is 24.3. The average Bonchev–Trinajstić information content (AvgIpc) is 2.95. The van der Waals surface area contributed by atoms with Crippen LogP contribution in [0.15, 0.2) is 109 Å². The van der Waals surface area contributed by atoms with Crippen molar-refractivity contribution in [3.8, 4) is 11.1 Å². The SMILES string of the molecule is O=C(COC(=O)c1ccc(C(=O)OCC(=O)c2ccccc2)c(-c2ccccc2)c1)c1ccccc1. The van der Waals surface area contributed by atoms with Gasteiger partial charge in [-0.1, -0.05) is 91.0 Å². The third kappa shape index (κ3) is 5.98. The first-order valence-corrected chi connectivity index (χ1v) is 11.2. The van der Waals surface area contributed by atoms with E-state index in [0.29, 0.717) is 22.3 Å². The van der Waals surface area contributed by atoms with Gasteiger partial charge in [0.15, 0.2) is 24.8 Å². The third-order valence-electron chi connectivity index (χ3n) is 5.42. The largest absolute Gasteiger partial charge is 0.454 e. The molecule has 4 rings (SSSR count). The standard InChI is InChI=1S/C30H22O6/c31-27(22-12-6-2-7-13-22)19-35-29(33)24-16-17-25(26(18-24)21-10-4-1-5-11-21)30(34)36-20-28(32)23-14-8-3-9-15-23/h1-18H,19-20H2. The number of rotatable bonds is 9. The van der Waals surface area contributed by atoms with E-state index < -0.39 is 25.2 Å². The Morgan fingerprint density at radius 1 is 0.500 bits per heavy atom. The minimum Gasteiger partial charge on any atom is -0.454 e. The molecular formula is C30H22O6. The lowest BCUT2D eigenvalue weighted by Gasteiger charge is -2.12. The molecule has 4 aromatic rings. The van der Waals surface area contributed by atoms with Gasteiger partial charge in [0.2, 0.25) is 0 Å². The van der Waals surface area contributed by atoms with Crippen molar-refractivity contribution < 1.29 is 28.7 Å². The number of hydrogen-bond donors (Lipinski definition) is 0. The molecule has 0 heterocycles. The van der Waals surface area contributed by atoms with Gasteiger partial charge in [0, 0.05) is 11.1 Å². The minimum atomic E-state index is -0.698. The molecule has 0 atom stereocenters. The van der Waals surface area contributed by atoms with Crippen LogP contribution >= 0.6 is 0 Å². The molecule has 0 radical (unpaired) electrons. The highest BCUT2D eigenvalue weighted by Gasteiger charge is 2.20. The highest BCUT2D eigenvalue weighted by atomic mass is 16.5. The molecule has 0 fully saturated rings. The zero-order valence-corrected chi connectivity index (χ0v) is 19.3. The second kappa shape index (κ2) is 11.5. The Morgan fingerprint density at radius 3 is 1.50 bits per heavy atom. The molecule has 0 aromatic heterocycles. The van der Waals surface area contributed by atoms with Crippen molar-refractivity contribution in [1.29, 1.82) is 0 Å². The van der Waals surface area contributed by atoms with E-state index in [4.69, 9.17) is 9.47 Å². The summed E-state index contributed by atoms with van der Waals surface area (Å²) >= 11 is 0. The highest BCUT2D eigenvalue weighted by molar-refractivity contribution is 6.03. The van der Waals surface area contributed by atoms with Crippen LogP contribution in [0.2, 0.25) is 0 Å². The summed E-state index contributed by atoms with van der Waals surface area (Å²) in [5.74, 6) is -2.04. The molecule has 0 saturated heterocycles. The molecule has 0 saturated carbocycles. The van der Waals surface area contributed by atoms with Crippen LogP contribution in [0.4, 0.5) is 0 Å². The van der Waals surface area contributed by atoms with Gasteiger partial charge >= 0.3 is 11.9 Å². The van der Waals surface area contributed by atoms with Crippen LogP contribution in [-0.2, 0) is 9.47 Å². The molecule has 0 spiro atoms. The summed E-state index contributed by atoms with van der Waals surface area (Å²) in [5.41, 5.74) is 2.37. The van der Waals surface area contributed by atoms with Gasteiger partial charge in [-0.15, -0.1) is 0 Å². The van der Waals surface area contributed by atoms with Crippen LogP contribution in [0.1, 0.15) is 41.4 Å². The number of ketones is 2. The van der Waals surface area contributed by atoms with Crippen LogP contribution in [0.3, 0.4) is 0 Å². The van der Waals surface area contributed by atoms with Gasteiger partial charge < -0.3 is 9.47 Å². The van der Waals surface area contributed by atoms with E-state index in [2.05, 4.69) is 0 Å². The maximum absolute atomic E-state index is 12.9. The maximum Gasteiger partial charge on any atom is 0.339 e. The van der Waals surface area contributed by atoms with Gasteiger partial charge in [0.1, 0.15) is 0 Å². The van der Waals surface area contributed by atoms with E-state index in [1.165, 1.54) is 18.2 Å². The van der Waals surface area contributed by atoms with Crippen LogP contribution in [0, 0.1) is 0 Å². The number of carbonyl (C=O) groups is 4. The zero-order valence-electron chi connectivity index (χ0n) is 19.3. The Labute approximate surface area is 208 Å². The Morgan fingerprint density at radius 2 is 0.972 bits per heavy atom. The smallest absolute Gasteiger partial charge is 0.339 e. The lowest BCUT2D eigenvalue weighted by atomic mass is 9.97. The lowest BCUT2D eigenvalue weighted by Crippen LogP contribution is -2.16. The quantitative estimate of drug-likeness (QED) is 0.235. The van der Waals surface area contributed by atoms with Gasteiger partial charge in [-0.05, 0) is 29.3 Å². The number of benzene rings is 4. The Bertz CT molecular complexity index is 1380. The molecule has 6 heteroatoms. The molecule has 0 bridgehead atoms. The molecule has 0 aliphatic rings. The van der Waals surface area contributed by atoms with Crippen molar-refractivity contribution in [3.05, 3.63) is 131 Å². The normalized spacial score (nSPS) is 10.3. The molecule has 36 heavy (non-hydrogen) atoms. The summed E-state index contributed by atoms with van der Waals surface area (Å²) in [6, 6.07) is 30.5. The number of ether oxygens (including phenoxy) is 2. The summed E-state index contributed by atoms with van der Waals surface area (Å²) in [6.45, 7) is -0.822. The van der Waals surface area contributed by atoms with Crippen LogP contribution in [-0.4, -0.2) is 36.7 Å². The van der Waals surface area contributed by atoms with Crippen LogP contribution in [0.5, 0.6) is 0 Å². The second-order valence-corrected chi connectivity index (χ2v) is 7.86. The molecule has 0 N–H and O–H groups in total. The monoisotopic (exact) mass is 478 g/mol. The molecule has 178 valence electrons. The molecule has 0 aliphatic heterocycles. The van der Waals surface area contributed by atoms with Crippen molar-refractivity contribution in [2.24, 2.45) is 0 Å². The Kier molecular flexibility index (Phi) is 7.78. The van der Waals surface area contributed by atoms with Crippen molar-refractivity contribution >= 4 is 23.5 Å². The number of esters is 2. The molecule has 6 nitrogen and oxygen atoms in total. The lowest BCUT2D eigenvalue weighted by molar-refractivity contribution is 0.0468. The molecule has 0 aliphatic carbocycles. The van der Waals surface area contributed by atoms with Crippen LogP contribution < -0.4 is 0 Å². The predicted octanol–water partition coefficient (Wildman–Crippen LogP) is 5.43. The van der Waals surface area contributed by atoms with Crippen molar-refractivity contribution in [3.63, 3.8) is 0 Å². The molecule has 0 unspecified atom stereocenters. The third-order valence-corrected chi connectivity index (χ3v) is 5.42. The van der Waals surface area contributed by atoms with Crippen LogP contribution in [0.25, 0.3) is 11.1 Å². The Balaban J connectivity index is 1.51. The van der Waals surface area contributed by atoms with Gasteiger partial charge in [0.05, 0.1) is 11.1 Å². The molecular weight excluding hydrogens is 456 g/mol. The zero-order chi connectivity index (χ0) is 25.3. The van der Waals surface area contributed by atoms with Crippen molar-refractivity contribution in [1.82, 2.24) is 0 Å². The fourth-order valence-electron chi connectivity index (χ4n) is 3.54. The maximum atomic E-state index is 12.9. The van der Waals surface area contributed by atoms with Gasteiger partial charge in [0.25, 0.3) is 0 Å². The van der Waals surface area contributed by atoms with E-state index in [-0.39, 0.29) is 22.7 Å². The van der Waals surface area contributed by atoms with Gasteiger partial charge in [-0.25, -0.2) is 9.59 Å². The number of Topliss-reactive ketones (excluding diaryl/α,β-unsaturated/α-hetero) is 2. The first-order valence-electron chi connectivity index (χ1n) is 11.2. The van der Waals surface area contributed by atoms with E-state index >= 15 is 0 Å². The van der Waals surface area contributed by atoms with E-state index in [1.54, 1.807) is 84.9 Å². The fourth-order valence-corrected chi connectivity index (χ4v) is 3.54. The summed E-state index contributed by atoms with van der Waals surface area (Å²) < 4.78 is 10.5. The van der Waals surface area contributed by atoms with Crippen molar-refractivity contribution in [2.45, 2.75) is 0 Å². The van der Waals surface area contributed by atoms with Crippen molar-refractivity contribution in [2.75, 3.05) is 13.2 Å². The van der Waals surface area contributed by atoms with E-state index in [1.807, 2.05) is 6.07 Å². The number of carbonyl (C=O) groups excluding carboxylic acids is 4. The van der Waals surface area contributed by atoms with E-state index in [9.17, 15) is 19.2 Å². The predicted molar refractivity (Wildman–Crippen MR) is 134 cm³/mol. The Hall–Kier alpha value is -4.84. The summed E-state index contributed by atoms with van der Waals surface area (Å²) in [6.07, 6.45) is 0. The van der Waals surface area contributed by atoms with Gasteiger partial charge in [-0.3, -0.25) is 9.59 Å². The molecule has 4 aromatic carbocycles. The summed E-state index contributed by atoms with van der Waals surface area (Å²) in [4.78, 5) is 50.2. The first-order chi connectivity index (χ1) is 17.5. The molecule has 0 amide bonds. The topological polar surface area (TPSA) is 86.7 Å². The minimum absolute atomic E-state index is 0.173. The summed E-state index contributed by atoms with van der Waals surface area (Å²) in [5, 5.41) is 0. The number of hydrogen-bond acceptors (Lipinski definition) is 6. The van der Waals surface area contributed by atoms with Gasteiger partial charge in [-0.2, -0.15) is 0 Å². The highest BCUT2D eigenvalue weighted by Crippen LogP contribution is 2.26. The summed E-state index contributed by atoms with van der Waals surface area (Å²) in [7, 11) is 0.